The SMILES string of the molecule is COC(=O)[C@@H](N)c1ccc(OC)c(Cl)c1. The zero-order chi connectivity index (χ0) is 11.4. The van der Waals surface area contributed by atoms with Gasteiger partial charge in [-0.25, -0.2) is 0 Å². The van der Waals surface area contributed by atoms with Gasteiger partial charge in [-0.3, -0.25) is 4.79 Å². The number of carbonyl (C=O) groups excluding carboxylic acids is 1. The lowest BCUT2D eigenvalue weighted by atomic mass is 10.1. The van der Waals surface area contributed by atoms with Crippen molar-refractivity contribution in [1.82, 2.24) is 0 Å². The van der Waals surface area contributed by atoms with Crippen LogP contribution >= 0.6 is 11.6 Å². The normalized spacial score (nSPS) is 12.0. The van der Waals surface area contributed by atoms with Crippen LogP contribution < -0.4 is 10.5 Å². The van der Waals surface area contributed by atoms with Crippen LogP contribution in [0.2, 0.25) is 5.02 Å². The molecule has 2 N–H and O–H groups in total. The number of rotatable bonds is 3. The molecule has 0 saturated heterocycles. The molecule has 0 saturated carbocycles. The minimum atomic E-state index is -0.821. The zero-order valence-electron chi connectivity index (χ0n) is 8.49. The first-order valence-corrected chi connectivity index (χ1v) is 4.64. The molecule has 0 aliphatic rings. The molecule has 1 aromatic rings. The molecule has 0 heterocycles. The minimum absolute atomic E-state index is 0.411. The van der Waals surface area contributed by atoms with Crippen molar-refractivity contribution in [2.45, 2.75) is 6.04 Å². The van der Waals surface area contributed by atoms with Crippen molar-refractivity contribution < 1.29 is 14.3 Å². The predicted molar refractivity (Wildman–Crippen MR) is 56.9 cm³/mol. The molecule has 5 heteroatoms. The quantitative estimate of drug-likeness (QED) is 0.799. The maximum Gasteiger partial charge on any atom is 0.327 e. The lowest BCUT2D eigenvalue weighted by molar-refractivity contribution is -0.142. The van der Waals surface area contributed by atoms with Gasteiger partial charge in [-0.15, -0.1) is 0 Å². The summed E-state index contributed by atoms with van der Waals surface area (Å²) in [5.41, 5.74) is 6.23. The Hall–Kier alpha value is -1.26. The smallest absolute Gasteiger partial charge is 0.327 e. The van der Waals surface area contributed by atoms with Crippen molar-refractivity contribution in [1.29, 1.82) is 0 Å². The second kappa shape index (κ2) is 5.00. The van der Waals surface area contributed by atoms with Gasteiger partial charge in [-0.2, -0.15) is 0 Å². The van der Waals surface area contributed by atoms with Gasteiger partial charge >= 0.3 is 5.97 Å². The Balaban J connectivity index is 2.97. The van der Waals surface area contributed by atoms with E-state index >= 15 is 0 Å². The van der Waals surface area contributed by atoms with Gasteiger partial charge in [0.15, 0.2) is 0 Å². The molecule has 1 atom stereocenters. The van der Waals surface area contributed by atoms with Gasteiger partial charge < -0.3 is 15.2 Å². The van der Waals surface area contributed by atoms with E-state index in [1.165, 1.54) is 14.2 Å². The standard InChI is InChI=1S/C10H12ClNO3/c1-14-8-4-3-6(5-7(8)11)9(12)10(13)15-2/h3-5,9H,12H2,1-2H3/t9-/m0/s1. The molecule has 15 heavy (non-hydrogen) atoms. The monoisotopic (exact) mass is 229 g/mol. The summed E-state index contributed by atoms with van der Waals surface area (Å²) in [7, 11) is 2.80. The molecule has 0 aliphatic carbocycles. The van der Waals surface area contributed by atoms with Crippen molar-refractivity contribution in [3.8, 4) is 5.75 Å². The number of nitrogens with two attached hydrogens (primary N) is 1. The highest BCUT2D eigenvalue weighted by molar-refractivity contribution is 6.32. The van der Waals surface area contributed by atoms with Gasteiger partial charge in [-0.1, -0.05) is 17.7 Å². The van der Waals surface area contributed by atoms with Crippen LogP contribution in [0.3, 0.4) is 0 Å². The van der Waals surface area contributed by atoms with Crippen molar-refractivity contribution in [2.75, 3.05) is 14.2 Å². The fraction of sp³-hybridized carbons (Fsp3) is 0.300. The highest BCUT2D eigenvalue weighted by Gasteiger charge is 2.17. The molecule has 0 fully saturated rings. The number of benzene rings is 1. The molecule has 4 nitrogen and oxygen atoms in total. The van der Waals surface area contributed by atoms with Crippen LogP contribution in [0.25, 0.3) is 0 Å². The van der Waals surface area contributed by atoms with Crippen LogP contribution in [0.1, 0.15) is 11.6 Å². The minimum Gasteiger partial charge on any atom is -0.495 e. The molecule has 0 aromatic heterocycles. The summed E-state index contributed by atoms with van der Waals surface area (Å²) in [6.07, 6.45) is 0. The Morgan fingerprint density at radius 3 is 2.60 bits per heavy atom. The largest absolute Gasteiger partial charge is 0.495 e. The molecule has 0 aliphatic heterocycles. The number of hydrogen-bond acceptors (Lipinski definition) is 4. The number of carbonyl (C=O) groups is 1. The third-order valence-corrected chi connectivity index (χ3v) is 2.29. The number of methoxy groups -OCH3 is 2. The van der Waals surface area contributed by atoms with E-state index in [0.717, 1.165) is 0 Å². The van der Waals surface area contributed by atoms with Crippen LogP contribution in [0, 0.1) is 0 Å². The van der Waals surface area contributed by atoms with E-state index in [2.05, 4.69) is 4.74 Å². The van der Waals surface area contributed by atoms with E-state index < -0.39 is 12.0 Å². The summed E-state index contributed by atoms with van der Waals surface area (Å²) < 4.78 is 9.50. The lowest BCUT2D eigenvalue weighted by Gasteiger charge is -2.11. The molecule has 0 unspecified atom stereocenters. The topological polar surface area (TPSA) is 61.5 Å². The molecule has 82 valence electrons. The van der Waals surface area contributed by atoms with Crippen molar-refractivity contribution in [2.24, 2.45) is 5.73 Å². The van der Waals surface area contributed by atoms with E-state index in [9.17, 15) is 4.79 Å². The molecular weight excluding hydrogens is 218 g/mol. The Kier molecular flexibility index (Phi) is 3.94. The molecule has 0 amide bonds. The van der Waals surface area contributed by atoms with E-state index in [1.807, 2.05) is 0 Å². The van der Waals surface area contributed by atoms with Crippen LogP contribution in [-0.4, -0.2) is 20.2 Å². The molecule has 0 spiro atoms. The van der Waals surface area contributed by atoms with E-state index in [1.54, 1.807) is 18.2 Å². The Labute approximate surface area is 92.9 Å². The van der Waals surface area contributed by atoms with Gasteiger partial charge in [0.05, 0.1) is 19.2 Å². The van der Waals surface area contributed by atoms with Crippen LogP contribution in [0.15, 0.2) is 18.2 Å². The Bertz CT molecular complexity index is 368. The summed E-state index contributed by atoms with van der Waals surface area (Å²) in [6.45, 7) is 0. The zero-order valence-corrected chi connectivity index (χ0v) is 9.25. The van der Waals surface area contributed by atoms with Crippen molar-refractivity contribution in [3.63, 3.8) is 0 Å². The van der Waals surface area contributed by atoms with Crippen molar-refractivity contribution in [3.05, 3.63) is 28.8 Å². The van der Waals surface area contributed by atoms with E-state index in [4.69, 9.17) is 22.1 Å². The third kappa shape index (κ3) is 2.61. The van der Waals surface area contributed by atoms with Crippen molar-refractivity contribution >= 4 is 17.6 Å². The second-order valence-corrected chi connectivity index (χ2v) is 3.30. The first kappa shape index (κ1) is 11.8. The molecule has 0 bridgehead atoms. The first-order valence-electron chi connectivity index (χ1n) is 4.27. The van der Waals surface area contributed by atoms with Gasteiger partial charge in [0, 0.05) is 0 Å². The Morgan fingerprint density at radius 1 is 1.47 bits per heavy atom. The van der Waals surface area contributed by atoms with Crippen LogP contribution in [-0.2, 0) is 9.53 Å². The second-order valence-electron chi connectivity index (χ2n) is 2.89. The third-order valence-electron chi connectivity index (χ3n) is 1.99. The highest BCUT2D eigenvalue weighted by Crippen LogP contribution is 2.27. The highest BCUT2D eigenvalue weighted by atomic mass is 35.5. The number of hydrogen-bond donors (Lipinski definition) is 1. The fourth-order valence-corrected chi connectivity index (χ4v) is 1.41. The number of esters is 1. The average Bonchev–Trinajstić information content (AvgIpc) is 2.26. The van der Waals surface area contributed by atoms with Gasteiger partial charge in [0.2, 0.25) is 0 Å². The number of halogens is 1. The summed E-state index contributed by atoms with van der Waals surface area (Å²) >= 11 is 5.89. The molecule has 0 radical (unpaired) electrons. The maximum atomic E-state index is 11.2. The summed E-state index contributed by atoms with van der Waals surface area (Å²) in [5, 5.41) is 0.411. The first-order chi connectivity index (χ1) is 7.10. The van der Waals surface area contributed by atoms with Crippen LogP contribution in [0.4, 0.5) is 0 Å². The predicted octanol–water partition coefficient (Wildman–Crippen LogP) is 1.52. The molecule has 1 aromatic carbocycles. The van der Waals surface area contributed by atoms with Gasteiger partial charge in [-0.05, 0) is 17.7 Å². The summed E-state index contributed by atoms with van der Waals surface area (Å²) in [4.78, 5) is 11.2. The average molecular weight is 230 g/mol. The summed E-state index contributed by atoms with van der Waals surface area (Å²) in [5.74, 6) is 0.0358. The fourth-order valence-electron chi connectivity index (χ4n) is 1.14. The van der Waals surface area contributed by atoms with E-state index in [-0.39, 0.29) is 0 Å². The maximum absolute atomic E-state index is 11.2. The van der Waals surface area contributed by atoms with Gasteiger partial charge in [0.1, 0.15) is 11.8 Å². The van der Waals surface area contributed by atoms with E-state index in [0.29, 0.717) is 16.3 Å². The lowest BCUT2D eigenvalue weighted by Crippen LogP contribution is -2.22. The van der Waals surface area contributed by atoms with Crippen LogP contribution in [0.5, 0.6) is 5.75 Å². The molecular formula is C10H12ClNO3. The Morgan fingerprint density at radius 2 is 2.13 bits per heavy atom. The van der Waals surface area contributed by atoms with Gasteiger partial charge in [0.25, 0.3) is 0 Å². The molecule has 1 rings (SSSR count). The summed E-state index contributed by atoms with van der Waals surface area (Å²) in [6, 6.07) is 4.09. The number of ether oxygens (including phenoxy) is 2.